The molecule has 0 spiro atoms. The van der Waals surface area contributed by atoms with Crippen LogP contribution in [-0.2, 0) is 4.79 Å². The van der Waals surface area contributed by atoms with E-state index >= 15 is 0 Å². The molecular formula is C20H24BrN3O2+2. The van der Waals surface area contributed by atoms with Gasteiger partial charge in [0, 0.05) is 15.6 Å². The fourth-order valence-electron chi connectivity index (χ4n) is 3.19. The lowest BCUT2D eigenvalue weighted by molar-refractivity contribution is -0.999. The number of quaternary nitrogens is 2. The lowest BCUT2D eigenvalue weighted by Crippen LogP contribution is -3.27. The van der Waals surface area contributed by atoms with Gasteiger partial charge in [-0.15, -0.1) is 0 Å². The molecule has 3 N–H and O–H groups in total. The molecule has 1 heterocycles. The van der Waals surface area contributed by atoms with E-state index < -0.39 is 0 Å². The minimum Gasteiger partial charge on any atom is -0.328 e. The largest absolute Gasteiger partial charge is 0.328 e. The minimum atomic E-state index is -0.0993. The van der Waals surface area contributed by atoms with Gasteiger partial charge in [0.05, 0.1) is 12.7 Å². The molecule has 0 saturated carbocycles. The van der Waals surface area contributed by atoms with Gasteiger partial charge < -0.3 is 15.1 Å². The Kier molecular flexibility index (Phi) is 6.19. The molecule has 1 aliphatic rings. The van der Waals surface area contributed by atoms with Crippen LogP contribution in [0.3, 0.4) is 0 Å². The Bertz CT molecular complexity index is 787. The van der Waals surface area contributed by atoms with Crippen LogP contribution in [0, 0.1) is 0 Å². The van der Waals surface area contributed by atoms with Gasteiger partial charge in [-0.3, -0.25) is 9.59 Å². The summed E-state index contributed by atoms with van der Waals surface area (Å²) in [7, 11) is 2.18. The number of hydrogen-bond acceptors (Lipinski definition) is 2. The van der Waals surface area contributed by atoms with Crippen molar-refractivity contribution in [2.45, 2.75) is 0 Å². The highest BCUT2D eigenvalue weighted by atomic mass is 79.9. The summed E-state index contributed by atoms with van der Waals surface area (Å²) < 4.78 is 0.808. The van der Waals surface area contributed by atoms with Crippen molar-refractivity contribution in [1.29, 1.82) is 0 Å². The molecule has 2 aromatic carbocycles. The normalized spacial score (nSPS) is 19.8. The van der Waals surface area contributed by atoms with Gasteiger partial charge in [0.25, 0.3) is 5.91 Å². The van der Waals surface area contributed by atoms with Crippen LogP contribution in [0.5, 0.6) is 0 Å². The number of piperazine rings is 1. The van der Waals surface area contributed by atoms with Crippen molar-refractivity contribution in [2.24, 2.45) is 0 Å². The number of ketones is 1. The second kappa shape index (κ2) is 8.58. The Morgan fingerprint density at radius 2 is 1.73 bits per heavy atom. The first-order valence-electron chi connectivity index (χ1n) is 8.87. The molecule has 5 nitrogen and oxygen atoms in total. The predicted octanol–water partition coefficient (Wildman–Crippen LogP) is 0.0318. The summed E-state index contributed by atoms with van der Waals surface area (Å²) in [6, 6.07) is 14.5. The number of nitrogens with one attached hydrogen (secondary N) is 3. The van der Waals surface area contributed by atoms with Gasteiger partial charge in [0.1, 0.15) is 26.2 Å². The number of benzene rings is 2. The predicted molar refractivity (Wildman–Crippen MR) is 105 cm³/mol. The Labute approximate surface area is 162 Å². The molecule has 1 saturated heterocycles. The molecule has 0 aromatic heterocycles. The number of likely N-dealkylation sites (N-methyl/N-ethyl adjacent to an activating group) is 1. The van der Waals surface area contributed by atoms with Crippen LogP contribution in [0.25, 0.3) is 0 Å². The van der Waals surface area contributed by atoms with E-state index in [-0.39, 0.29) is 11.7 Å². The summed E-state index contributed by atoms with van der Waals surface area (Å²) in [4.78, 5) is 28.1. The molecule has 1 amide bonds. The van der Waals surface area contributed by atoms with E-state index in [0.29, 0.717) is 23.4 Å². The third-order valence-corrected chi connectivity index (χ3v) is 5.25. The molecule has 2 aromatic rings. The van der Waals surface area contributed by atoms with Crippen LogP contribution in [0.15, 0.2) is 53.0 Å². The van der Waals surface area contributed by atoms with E-state index in [2.05, 4.69) is 28.3 Å². The topological polar surface area (TPSA) is 55.1 Å². The number of rotatable bonds is 5. The highest BCUT2D eigenvalue weighted by Gasteiger charge is 2.23. The summed E-state index contributed by atoms with van der Waals surface area (Å²) in [6.07, 6.45) is 0. The van der Waals surface area contributed by atoms with Crippen molar-refractivity contribution in [1.82, 2.24) is 0 Å². The first-order valence-corrected chi connectivity index (χ1v) is 9.66. The van der Waals surface area contributed by atoms with Crippen molar-refractivity contribution in [3.05, 3.63) is 64.1 Å². The van der Waals surface area contributed by atoms with Crippen LogP contribution in [0.4, 0.5) is 5.69 Å². The molecule has 0 bridgehead atoms. The van der Waals surface area contributed by atoms with Crippen LogP contribution in [0.2, 0.25) is 0 Å². The number of carbonyl (C=O) groups is 2. The second-order valence-electron chi connectivity index (χ2n) is 6.82. The van der Waals surface area contributed by atoms with Gasteiger partial charge >= 0.3 is 0 Å². The first-order chi connectivity index (χ1) is 12.5. The minimum absolute atomic E-state index is 0.0519. The SMILES string of the molecule is C[NH+]1CC[NH+](CC(=O)Nc2ccc(Br)cc2C(=O)c2ccccc2)CC1. The zero-order chi connectivity index (χ0) is 18.5. The van der Waals surface area contributed by atoms with E-state index in [1.807, 2.05) is 24.3 Å². The smallest absolute Gasteiger partial charge is 0.279 e. The van der Waals surface area contributed by atoms with Gasteiger partial charge in [-0.1, -0.05) is 46.3 Å². The monoisotopic (exact) mass is 417 g/mol. The van der Waals surface area contributed by atoms with Crippen LogP contribution in [0.1, 0.15) is 15.9 Å². The standard InChI is InChI=1S/C20H22BrN3O2/c1-23-9-11-24(12-10-23)14-19(25)22-18-8-7-16(21)13-17(18)20(26)15-5-3-2-4-6-15/h2-8,13H,9-12,14H2,1H3,(H,22,25)/p+2. The molecule has 0 aliphatic carbocycles. The summed E-state index contributed by atoms with van der Waals surface area (Å²) in [5.41, 5.74) is 1.66. The van der Waals surface area contributed by atoms with Crippen LogP contribution < -0.4 is 15.1 Å². The van der Waals surface area contributed by atoms with E-state index in [4.69, 9.17) is 0 Å². The molecule has 0 atom stereocenters. The van der Waals surface area contributed by atoms with Crippen molar-refractivity contribution >= 4 is 33.3 Å². The molecule has 6 heteroatoms. The van der Waals surface area contributed by atoms with Crippen molar-refractivity contribution < 1.29 is 19.4 Å². The molecule has 136 valence electrons. The fourth-order valence-corrected chi connectivity index (χ4v) is 3.55. The molecule has 3 rings (SSSR count). The maximum Gasteiger partial charge on any atom is 0.279 e. The molecule has 0 radical (unpaired) electrons. The van der Waals surface area contributed by atoms with E-state index in [0.717, 1.165) is 30.7 Å². The zero-order valence-electron chi connectivity index (χ0n) is 14.8. The van der Waals surface area contributed by atoms with Gasteiger partial charge in [0.2, 0.25) is 0 Å². The number of anilines is 1. The van der Waals surface area contributed by atoms with Crippen molar-refractivity contribution in [3.63, 3.8) is 0 Å². The number of hydrogen-bond donors (Lipinski definition) is 3. The second-order valence-corrected chi connectivity index (χ2v) is 7.73. The summed E-state index contributed by atoms with van der Waals surface area (Å²) >= 11 is 3.42. The highest BCUT2D eigenvalue weighted by Crippen LogP contribution is 2.24. The van der Waals surface area contributed by atoms with E-state index in [1.165, 1.54) is 9.80 Å². The maximum absolute atomic E-state index is 12.8. The van der Waals surface area contributed by atoms with Gasteiger partial charge in [0.15, 0.2) is 12.3 Å². The first kappa shape index (κ1) is 18.8. The molecule has 1 fully saturated rings. The fraction of sp³-hybridized carbons (Fsp3) is 0.300. The van der Waals surface area contributed by atoms with Gasteiger partial charge in [-0.05, 0) is 18.2 Å². The molecule has 0 unspecified atom stereocenters. The lowest BCUT2D eigenvalue weighted by atomic mass is 10.0. The number of carbonyl (C=O) groups excluding carboxylic acids is 2. The lowest BCUT2D eigenvalue weighted by Gasteiger charge is -2.26. The van der Waals surface area contributed by atoms with Gasteiger partial charge in [-0.25, -0.2) is 0 Å². The molecule has 26 heavy (non-hydrogen) atoms. The Balaban J connectivity index is 1.73. The molecular weight excluding hydrogens is 394 g/mol. The summed E-state index contributed by atoms with van der Waals surface area (Å²) in [5.74, 6) is -0.151. The molecule has 1 aliphatic heterocycles. The van der Waals surface area contributed by atoms with Crippen molar-refractivity contribution in [3.8, 4) is 0 Å². The average molecular weight is 418 g/mol. The average Bonchev–Trinajstić information content (AvgIpc) is 2.65. The zero-order valence-corrected chi connectivity index (χ0v) is 16.4. The maximum atomic E-state index is 12.8. The Morgan fingerprint density at radius 3 is 2.42 bits per heavy atom. The quantitative estimate of drug-likeness (QED) is 0.601. The Morgan fingerprint density at radius 1 is 1.04 bits per heavy atom. The number of halogens is 1. The van der Waals surface area contributed by atoms with Crippen molar-refractivity contribution in [2.75, 3.05) is 45.1 Å². The third-order valence-electron chi connectivity index (χ3n) is 4.76. The van der Waals surface area contributed by atoms with Gasteiger partial charge in [-0.2, -0.15) is 0 Å². The Hall–Kier alpha value is -2.02. The third kappa shape index (κ3) is 4.78. The van der Waals surface area contributed by atoms with E-state index in [9.17, 15) is 9.59 Å². The summed E-state index contributed by atoms with van der Waals surface area (Å²) in [6.45, 7) is 4.59. The highest BCUT2D eigenvalue weighted by molar-refractivity contribution is 9.10. The van der Waals surface area contributed by atoms with E-state index in [1.54, 1.807) is 24.3 Å². The number of amides is 1. The van der Waals surface area contributed by atoms with Crippen LogP contribution >= 0.6 is 15.9 Å². The summed E-state index contributed by atoms with van der Waals surface area (Å²) in [5, 5.41) is 2.94. The van der Waals surface area contributed by atoms with Crippen LogP contribution in [-0.4, -0.2) is 51.5 Å².